The Kier molecular flexibility index (Phi) is 7.59. The van der Waals surface area contributed by atoms with E-state index in [9.17, 15) is 10.1 Å². The summed E-state index contributed by atoms with van der Waals surface area (Å²) in [5.74, 6) is 1.43. The van der Waals surface area contributed by atoms with Crippen LogP contribution in [0.5, 0.6) is 0 Å². The van der Waals surface area contributed by atoms with Crippen LogP contribution < -0.4 is 17.0 Å². The van der Waals surface area contributed by atoms with Crippen LogP contribution in [0.1, 0.15) is 19.3 Å². The zero-order valence-corrected chi connectivity index (χ0v) is 12.4. The molecule has 0 aromatic heterocycles. The van der Waals surface area contributed by atoms with Crippen LogP contribution in [0.25, 0.3) is 0 Å². The van der Waals surface area contributed by atoms with Crippen molar-refractivity contribution in [2.24, 2.45) is 5.92 Å². The van der Waals surface area contributed by atoms with E-state index in [0.717, 1.165) is 12.2 Å². The molecule has 1 aliphatic rings. The van der Waals surface area contributed by atoms with E-state index in [2.05, 4.69) is 12.5 Å². The summed E-state index contributed by atoms with van der Waals surface area (Å²) in [6.45, 7) is 0. The van der Waals surface area contributed by atoms with Crippen molar-refractivity contribution in [3.05, 3.63) is 10.1 Å². The quantitative estimate of drug-likeness (QED) is 0.354. The molecular weight excluding hydrogens is 294 g/mol. The van der Waals surface area contributed by atoms with Crippen molar-refractivity contribution in [2.45, 2.75) is 31.4 Å². The van der Waals surface area contributed by atoms with E-state index in [1.807, 2.05) is 0 Å². The Labute approximate surface area is 110 Å². The van der Waals surface area contributed by atoms with Gasteiger partial charge < -0.3 is 21.7 Å². The van der Waals surface area contributed by atoms with Crippen LogP contribution in [0.4, 0.5) is 0 Å². The van der Waals surface area contributed by atoms with Crippen LogP contribution >= 0.6 is 0 Å². The van der Waals surface area contributed by atoms with E-state index in [-0.39, 0.29) is 34.1 Å². The lowest BCUT2D eigenvalue weighted by molar-refractivity contribution is -0.529. The molecule has 0 heterocycles. The molecule has 4 nitrogen and oxygen atoms in total. The Bertz CT molecular complexity index is 228. The number of ether oxygens (including phenoxy) is 1. The topological polar surface area (TPSA) is 52.4 Å². The van der Waals surface area contributed by atoms with Crippen LogP contribution in [-0.4, -0.2) is 42.4 Å². The highest BCUT2D eigenvalue weighted by Crippen LogP contribution is 2.29. The van der Waals surface area contributed by atoms with Crippen LogP contribution in [0, 0.1) is 16.0 Å². The molecule has 1 saturated carbocycles. The van der Waals surface area contributed by atoms with E-state index in [0.29, 0.717) is 29.7 Å². The highest BCUT2D eigenvalue weighted by molar-refractivity contribution is 7.95. The second kappa shape index (κ2) is 7.50. The molecule has 0 amide bonds. The van der Waals surface area contributed by atoms with Gasteiger partial charge in [-0.25, -0.2) is 0 Å². The first kappa shape index (κ1) is 16.2. The second-order valence-corrected chi connectivity index (χ2v) is 6.74. The fourth-order valence-electron chi connectivity index (χ4n) is 2.32. The molecule has 6 heteroatoms. The highest BCUT2D eigenvalue weighted by Gasteiger charge is 2.38. The van der Waals surface area contributed by atoms with Gasteiger partial charge in [0.2, 0.25) is 6.04 Å². The Hall–Kier alpha value is 0.190. The maximum atomic E-state index is 10.7. The minimum absolute atomic E-state index is 0. The second-order valence-electron chi connectivity index (χ2n) is 4.44. The summed E-state index contributed by atoms with van der Waals surface area (Å²) < 4.78 is 5.41. The van der Waals surface area contributed by atoms with Gasteiger partial charge >= 0.3 is 0 Å². The first-order valence-corrected chi connectivity index (χ1v) is 7.46. The van der Waals surface area contributed by atoms with Crippen LogP contribution in [0.2, 0.25) is 0 Å². The SMILES string of the molecule is COC1CCC([N+](=O)[O-])CC1C[S+](C)C.[Br-]. The molecule has 0 bridgehead atoms. The van der Waals surface area contributed by atoms with Crippen LogP contribution in [0.15, 0.2) is 0 Å². The van der Waals surface area contributed by atoms with Gasteiger partial charge in [0.25, 0.3) is 0 Å². The third-order valence-electron chi connectivity index (χ3n) is 3.03. The summed E-state index contributed by atoms with van der Waals surface area (Å²) in [6.07, 6.45) is 6.80. The summed E-state index contributed by atoms with van der Waals surface area (Å²) in [7, 11) is 2.05. The minimum Gasteiger partial charge on any atom is -1.00 e. The maximum Gasteiger partial charge on any atom is 0.213 e. The normalized spacial score (nSPS) is 29.9. The maximum absolute atomic E-state index is 10.7. The van der Waals surface area contributed by atoms with Crippen molar-refractivity contribution in [3.63, 3.8) is 0 Å². The van der Waals surface area contributed by atoms with Gasteiger partial charge in [-0.2, -0.15) is 0 Å². The van der Waals surface area contributed by atoms with Crippen molar-refractivity contribution in [3.8, 4) is 0 Å². The molecule has 0 aromatic carbocycles. The number of methoxy groups -OCH3 is 1. The molecule has 1 rings (SSSR count). The predicted octanol–water partition coefficient (Wildman–Crippen LogP) is -1.67. The first-order chi connectivity index (χ1) is 7.04. The van der Waals surface area contributed by atoms with Gasteiger partial charge in [-0.05, 0) is 17.3 Å². The molecular formula is C10H20BrNO3S. The number of nitrogens with zero attached hydrogens (tertiary/aromatic N) is 1. The molecule has 0 saturated heterocycles. The van der Waals surface area contributed by atoms with E-state index in [1.54, 1.807) is 7.11 Å². The minimum atomic E-state index is -0.343. The Balaban J connectivity index is 0.00000225. The summed E-state index contributed by atoms with van der Waals surface area (Å²) >= 11 is 0. The molecule has 1 fully saturated rings. The zero-order valence-electron chi connectivity index (χ0n) is 10.0. The standard InChI is InChI=1S/C10H20NO3S.BrH/c1-14-10-5-4-9(11(12)13)6-8(10)7-15(2)3;/h8-10H,4-7H2,1-3H3;1H/q+1;/p-1. The van der Waals surface area contributed by atoms with Crippen molar-refractivity contribution in [2.75, 3.05) is 25.4 Å². The van der Waals surface area contributed by atoms with Crippen molar-refractivity contribution >= 4 is 10.9 Å². The Morgan fingerprint density at radius 3 is 2.50 bits per heavy atom. The molecule has 1 aliphatic carbocycles. The van der Waals surface area contributed by atoms with Crippen LogP contribution in [-0.2, 0) is 15.6 Å². The molecule has 0 aromatic rings. The number of hydrogen-bond donors (Lipinski definition) is 0. The van der Waals surface area contributed by atoms with Gasteiger partial charge in [-0.1, -0.05) is 0 Å². The molecule has 16 heavy (non-hydrogen) atoms. The lowest BCUT2D eigenvalue weighted by Crippen LogP contribution is -3.00. The average molecular weight is 314 g/mol. The average Bonchev–Trinajstić information content (AvgIpc) is 2.16. The fraction of sp³-hybridized carbons (Fsp3) is 1.00. The molecule has 0 N–H and O–H groups in total. The molecule has 3 atom stereocenters. The van der Waals surface area contributed by atoms with E-state index < -0.39 is 0 Å². The monoisotopic (exact) mass is 313 g/mol. The number of nitro groups is 1. The third-order valence-corrected chi connectivity index (χ3v) is 4.13. The predicted molar refractivity (Wildman–Crippen MR) is 63.0 cm³/mol. The van der Waals surface area contributed by atoms with Crippen molar-refractivity contribution in [1.29, 1.82) is 0 Å². The van der Waals surface area contributed by atoms with Gasteiger partial charge in [0.05, 0.1) is 18.6 Å². The van der Waals surface area contributed by atoms with E-state index in [1.165, 1.54) is 0 Å². The van der Waals surface area contributed by atoms with Gasteiger partial charge in [0.1, 0.15) is 5.75 Å². The lowest BCUT2D eigenvalue weighted by Gasteiger charge is -2.30. The molecule has 0 aliphatic heterocycles. The molecule has 0 spiro atoms. The summed E-state index contributed by atoms with van der Waals surface area (Å²) in [6, 6.07) is -0.343. The summed E-state index contributed by atoms with van der Waals surface area (Å²) in [4.78, 5) is 10.6. The van der Waals surface area contributed by atoms with Crippen LogP contribution in [0.3, 0.4) is 0 Å². The van der Waals surface area contributed by atoms with E-state index >= 15 is 0 Å². The number of hydrogen-bond acceptors (Lipinski definition) is 3. The van der Waals surface area contributed by atoms with E-state index in [4.69, 9.17) is 4.74 Å². The van der Waals surface area contributed by atoms with Gasteiger partial charge in [0, 0.05) is 30.8 Å². The molecule has 3 unspecified atom stereocenters. The summed E-state index contributed by atoms with van der Waals surface area (Å²) in [5, 5.41) is 10.7. The van der Waals surface area contributed by atoms with Gasteiger partial charge in [-0.3, -0.25) is 10.1 Å². The molecule has 96 valence electrons. The van der Waals surface area contributed by atoms with Crippen molar-refractivity contribution in [1.82, 2.24) is 0 Å². The largest absolute Gasteiger partial charge is 1.00 e. The molecule has 0 radical (unpaired) electrons. The lowest BCUT2D eigenvalue weighted by atomic mass is 9.84. The number of rotatable bonds is 4. The Morgan fingerprint density at radius 2 is 2.06 bits per heavy atom. The Morgan fingerprint density at radius 1 is 1.44 bits per heavy atom. The number of halogens is 1. The van der Waals surface area contributed by atoms with Gasteiger partial charge in [0.15, 0.2) is 0 Å². The smallest absolute Gasteiger partial charge is 0.213 e. The third kappa shape index (κ3) is 4.59. The fourth-order valence-corrected chi connectivity index (χ4v) is 3.52. The summed E-state index contributed by atoms with van der Waals surface area (Å²) in [5.41, 5.74) is 0. The first-order valence-electron chi connectivity index (χ1n) is 5.25. The highest BCUT2D eigenvalue weighted by atomic mass is 79.9. The van der Waals surface area contributed by atoms with Gasteiger partial charge in [-0.15, -0.1) is 0 Å². The van der Waals surface area contributed by atoms with Crippen molar-refractivity contribution < 1.29 is 26.6 Å². The zero-order chi connectivity index (χ0) is 11.4.